The number of fused-ring (bicyclic) bond motifs is 2. The lowest BCUT2D eigenvalue weighted by Crippen LogP contribution is -2.48. The Morgan fingerprint density at radius 3 is 2.54 bits per heavy atom. The Hall–Kier alpha value is -2.54. The van der Waals surface area contributed by atoms with Gasteiger partial charge in [-0.1, -0.05) is 42.5 Å². The number of hydrogen-bond acceptors (Lipinski definition) is 5. The van der Waals surface area contributed by atoms with E-state index in [0.29, 0.717) is 17.7 Å². The molecule has 2 fully saturated rings. The van der Waals surface area contributed by atoms with Crippen LogP contribution in [-0.2, 0) is 4.79 Å². The first kappa shape index (κ1) is 17.6. The Bertz CT molecular complexity index is 870. The summed E-state index contributed by atoms with van der Waals surface area (Å²) >= 11 is 0. The molecule has 0 radical (unpaired) electrons. The average molecular weight is 378 g/mol. The molecule has 0 unspecified atom stereocenters. The first-order valence-electron chi connectivity index (χ1n) is 10.3. The molecule has 5 rings (SSSR count). The van der Waals surface area contributed by atoms with Crippen molar-refractivity contribution in [2.45, 2.75) is 50.2 Å². The SMILES string of the molecule is N[C@@H]1[C@H](C(=O)NC2CCC(n3nnc(-c4ccccc4)n3)CC2)[C@@H]2C=C[C@H]1C2. The summed E-state index contributed by atoms with van der Waals surface area (Å²) in [5.41, 5.74) is 7.26. The average Bonchev–Trinajstić information content (AvgIpc) is 3.45. The van der Waals surface area contributed by atoms with Crippen molar-refractivity contribution in [3.63, 3.8) is 0 Å². The highest BCUT2D eigenvalue weighted by atomic mass is 16.2. The summed E-state index contributed by atoms with van der Waals surface area (Å²) in [6.45, 7) is 0. The van der Waals surface area contributed by atoms with E-state index in [4.69, 9.17) is 5.73 Å². The van der Waals surface area contributed by atoms with E-state index < -0.39 is 0 Å². The quantitative estimate of drug-likeness (QED) is 0.794. The number of benzene rings is 1. The molecule has 0 aliphatic heterocycles. The third kappa shape index (κ3) is 3.13. The fourth-order valence-corrected chi connectivity index (χ4v) is 5.06. The lowest BCUT2D eigenvalue weighted by atomic mass is 9.87. The van der Waals surface area contributed by atoms with Crippen molar-refractivity contribution in [3.05, 3.63) is 42.5 Å². The monoisotopic (exact) mass is 378 g/mol. The molecule has 0 saturated heterocycles. The van der Waals surface area contributed by atoms with Gasteiger partial charge >= 0.3 is 0 Å². The Morgan fingerprint density at radius 1 is 1.07 bits per heavy atom. The predicted octanol–water partition coefficient (Wildman–Crippen LogP) is 2.09. The van der Waals surface area contributed by atoms with Gasteiger partial charge in [0.25, 0.3) is 0 Å². The van der Waals surface area contributed by atoms with E-state index in [2.05, 4.69) is 32.9 Å². The smallest absolute Gasteiger partial charge is 0.225 e. The minimum absolute atomic E-state index is 0.0258. The third-order valence-electron chi connectivity index (χ3n) is 6.65. The zero-order valence-electron chi connectivity index (χ0n) is 15.8. The zero-order chi connectivity index (χ0) is 19.1. The van der Waals surface area contributed by atoms with Crippen LogP contribution in [0.25, 0.3) is 11.4 Å². The predicted molar refractivity (Wildman–Crippen MR) is 105 cm³/mol. The van der Waals surface area contributed by atoms with Gasteiger partial charge in [-0.3, -0.25) is 4.79 Å². The minimum atomic E-state index is -0.0573. The molecule has 7 nitrogen and oxygen atoms in total. The number of nitrogens with zero attached hydrogens (tertiary/aromatic N) is 4. The number of amides is 1. The number of nitrogens with two attached hydrogens (primary N) is 1. The maximum atomic E-state index is 12.8. The Kier molecular flexibility index (Phi) is 4.47. The van der Waals surface area contributed by atoms with Gasteiger partial charge in [-0.05, 0) is 49.2 Å². The van der Waals surface area contributed by atoms with Gasteiger partial charge in [0, 0.05) is 17.6 Å². The molecule has 3 aliphatic rings. The van der Waals surface area contributed by atoms with Gasteiger partial charge < -0.3 is 11.1 Å². The molecule has 0 spiro atoms. The van der Waals surface area contributed by atoms with Gasteiger partial charge in [-0.15, -0.1) is 10.2 Å². The Labute approximate surface area is 164 Å². The summed E-state index contributed by atoms with van der Waals surface area (Å²) in [5, 5.41) is 16.3. The third-order valence-corrected chi connectivity index (χ3v) is 6.65. The summed E-state index contributed by atoms with van der Waals surface area (Å²) in [7, 11) is 0. The second-order valence-electron chi connectivity index (χ2n) is 8.36. The van der Waals surface area contributed by atoms with Gasteiger partial charge in [0.1, 0.15) is 0 Å². The van der Waals surface area contributed by atoms with Gasteiger partial charge in [0.05, 0.1) is 12.0 Å². The Morgan fingerprint density at radius 2 is 1.82 bits per heavy atom. The van der Waals surface area contributed by atoms with Gasteiger partial charge in [-0.2, -0.15) is 4.80 Å². The molecule has 2 aromatic rings. The van der Waals surface area contributed by atoms with E-state index in [1.807, 2.05) is 30.3 Å². The van der Waals surface area contributed by atoms with E-state index in [1.165, 1.54) is 0 Å². The van der Waals surface area contributed by atoms with Crippen LogP contribution in [0.5, 0.6) is 0 Å². The van der Waals surface area contributed by atoms with E-state index in [1.54, 1.807) is 4.80 Å². The molecule has 1 amide bonds. The van der Waals surface area contributed by atoms with Crippen LogP contribution >= 0.6 is 0 Å². The van der Waals surface area contributed by atoms with E-state index >= 15 is 0 Å². The molecular formula is C21H26N6O. The van der Waals surface area contributed by atoms with Crippen LogP contribution < -0.4 is 11.1 Å². The highest BCUT2D eigenvalue weighted by Gasteiger charge is 2.46. The largest absolute Gasteiger partial charge is 0.353 e. The number of carbonyl (C=O) groups is 1. The van der Waals surface area contributed by atoms with Crippen molar-refractivity contribution < 1.29 is 4.79 Å². The number of nitrogens with one attached hydrogen (secondary N) is 1. The molecule has 1 aromatic heterocycles. The van der Waals surface area contributed by atoms with Crippen LogP contribution in [0, 0.1) is 17.8 Å². The number of allylic oxidation sites excluding steroid dienone is 1. The molecule has 2 bridgehead atoms. The van der Waals surface area contributed by atoms with E-state index in [-0.39, 0.29) is 30.0 Å². The van der Waals surface area contributed by atoms with Crippen LogP contribution in [-0.4, -0.2) is 38.2 Å². The number of aromatic nitrogens is 4. The van der Waals surface area contributed by atoms with Gasteiger partial charge in [-0.25, -0.2) is 0 Å². The van der Waals surface area contributed by atoms with Crippen molar-refractivity contribution >= 4 is 5.91 Å². The topological polar surface area (TPSA) is 98.7 Å². The number of rotatable bonds is 4. The first-order valence-corrected chi connectivity index (χ1v) is 10.3. The van der Waals surface area contributed by atoms with Crippen molar-refractivity contribution in [1.82, 2.24) is 25.5 Å². The summed E-state index contributed by atoms with van der Waals surface area (Å²) in [4.78, 5) is 14.5. The molecular weight excluding hydrogens is 352 g/mol. The van der Waals surface area contributed by atoms with Crippen molar-refractivity contribution in [1.29, 1.82) is 0 Å². The van der Waals surface area contributed by atoms with Crippen molar-refractivity contribution in [2.24, 2.45) is 23.5 Å². The summed E-state index contributed by atoms with van der Waals surface area (Å²) in [6, 6.07) is 10.3. The molecule has 28 heavy (non-hydrogen) atoms. The molecule has 1 aromatic carbocycles. The highest BCUT2D eigenvalue weighted by molar-refractivity contribution is 5.81. The molecule has 4 atom stereocenters. The van der Waals surface area contributed by atoms with Crippen LogP contribution in [0.15, 0.2) is 42.5 Å². The summed E-state index contributed by atoms with van der Waals surface area (Å²) in [6.07, 6.45) is 9.15. The fraction of sp³-hybridized carbons (Fsp3) is 0.524. The zero-order valence-corrected chi connectivity index (χ0v) is 15.8. The van der Waals surface area contributed by atoms with Crippen LogP contribution in [0.4, 0.5) is 0 Å². The summed E-state index contributed by atoms with van der Waals surface area (Å²) < 4.78 is 0. The molecule has 2 saturated carbocycles. The number of carbonyl (C=O) groups excluding carboxylic acids is 1. The molecule has 3 N–H and O–H groups in total. The number of tetrazole rings is 1. The molecule has 3 aliphatic carbocycles. The van der Waals surface area contributed by atoms with E-state index in [0.717, 1.165) is 37.7 Å². The molecule has 1 heterocycles. The van der Waals surface area contributed by atoms with E-state index in [9.17, 15) is 4.79 Å². The van der Waals surface area contributed by atoms with Gasteiger partial charge in [0.15, 0.2) is 0 Å². The molecule has 7 heteroatoms. The first-order chi connectivity index (χ1) is 13.7. The van der Waals surface area contributed by atoms with Gasteiger partial charge in [0.2, 0.25) is 11.7 Å². The Balaban J connectivity index is 1.17. The maximum Gasteiger partial charge on any atom is 0.225 e. The maximum absolute atomic E-state index is 12.8. The highest BCUT2D eigenvalue weighted by Crippen LogP contribution is 2.43. The van der Waals surface area contributed by atoms with Crippen LogP contribution in [0.1, 0.15) is 38.1 Å². The number of hydrogen-bond donors (Lipinski definition) is 2. The minimum Gasteiger partial charge on any atom is -0.353 e. The second kappa shape index (κ2) is 7.13. The second-order valence-corrected chi connectivity index (χ2v) is 8.36. The molecule has 146 valence electrons. The normalized spacial score (nSPS) is 33.9. The van der Waals surface area contributed by atoms with Crippen molar-refractivity contribution in [3.8, 4) is 11.4 Å². The van der Waals surface area contributed by atoms with Crippen LogP contribution in [0.2, 0.25) is 0 Å². The lowest BCUT2D eigenvalue weighted by Gasteiger charge is -2.31. The van der Waals surface area contributed by atoms with Crippen molar-refractivity contribution in [2.75, 3.05) is 0 Å². The fourth-order valence-electron chi connectivity index (χ4n) is 5.06. The standard InChI is InChI=1S/C21H26N6O/c22-19-15-7-6-14(12-15)18(19)21(28)23-16-8-10-17(11-9-16)27-25-20(24-26-27)13-4-2-1-3-5-13/h1-7,14-19H,8-12,22H2,(H,23,28)/t14-,15+,16?,17?,18-,19+/m1/s1. The summed E-state index contributed by atoms with van der Waals surface area (Å²) in [5.74, 6) is 1.45. The lowest BCUT2D eigenvalue weighted by molar-refractivity contribution is -0.127. The van der Waals surface area contributed by atoms with Crippen LogP contribution in [0.3, 0.4) is 0 Å².